The Hall–Kier alpha value is -3.23. The van der Waals surface area contributed by atoms with Crippen LogP contribution in [-0.2, 0) is 6.54 Å². The van der Waals surface area contributed by atoms with Crippen molar-refractivity contribution < 1.29 is 14.4 Å². The second kappa shape index (κ2) is 8.28. The number of aryl methyl sites for hydroxylation is 2. The van der Waals surface area contributed by atoms with E-state index in [1.165, 1.54) is 21.4 Å². The van der Waals surface area contributed by atoms with Crippen LogP contribution >= 0.6 is 11.3 Å². The highest BCUT2D eigenvalue weighted by Gasteiger charge is 2.26. The molecule has 2 aliphatic rings. The minimum atomic E-state index is 0.320. The van der Waals surface area contributed by atoms with Crippen LogP contribution < -0.4 is 19.3 Å². The van der Waals surface area contributed by atoms with Crippen molar-refractivity contribution in [1.82, 2.24) is 15.0 Å². The number of hydrogen-bond acceptors (Lipinski definition) is 7. The molecule has 4 aromatic rings. The van der Waals surface area contributed by atoms with Gasteiger partial charge in [0.25, 0.3) is 0 Å². The van der Waals surface area contributed by atoms with Crippen LogP contribution in [0.15, 0.2) is 42.7 Å². The predicted octanol–water partition coefficient (Wildman–Crippen LogP) is 3.00. The van der Waals surface area contributed by atoms with E-state index in [-0.39, 0.29) is 0 Å². The van der Waals surface area contributed by atoms with E-state index in [0.717, 1.165) is 66.3 Å². The van der Waals surface area contributed by atoms with Crippen LogP contribution in [0.2, 0.25) is 0 Å². The fraction of sp³-hybridized carbons (Fsp3) is 0.320. The molecule has 33 heavy (non-hydrogen) atoms. The maximum absolute atomic E-state index is 5.55. The molecule has 0 radical (unpaired) electrons. The summed E-state index contributed by atoms with van der Waals surface area (Å²) < 4.78 is 11.0. The molecule has 1 N–H and O–H groups in total. The highest BCUT2D eigenvalue weighted by molar-refractivity contribution is 7.18. The molecule has 8 heteroatoms. The molecule has 5 heterocycles. The molecule has 2 aliphatic heterocycles. The number of fused-ring (bicyclic) bond motifs is 2. The van der Waals surface area contributed by atoms with Crippen molar-refractivity contribution in [2.24, 2.45) is 0 Å². The lowest BCUT2D eigenvalue weighted by molar-refractivity contribution is -0.914. The van der Waals surface area contributed by atoms with Crippen LogP contribution in [0.3, 0.4) is 0 Å². The van der Waals surface area contributed by atoms with Crippen molar-refractivity contribution in [2.75, 3.05) is 37.9 Å². The first-order valence-corrected chi connectivity index (χ1v) is 12.1. The summed E-state index contributed by atoms with van der Waals surface area (Å²) in [6.07, 6.45) is 3.62. The lowest BCUT2D eigenvalue weighted by atomic mass is 10.1. The average molecular weight is 461 g/mol. The molecule has 0 atom stereocenters. The minimum Gasteiger partial charge on any atom is -0.454 e. The Labute approximate surface area is 196 Å². The van der Waals surface area contributed by atoms with Gasteiger partial charge in [-0.15, -0.1) is 11.3 Å². The Morgan fingerprint density at radius 1 is 1.06 bits per heavy atom. The second-order valence-electron chi connectivity index (χ2n) is 8.68. The third-order valence-corrected chi connectivity index (χ3v) is 7.69. The molecule has 0 bridgehead atoms. The van der Waals surface area contributed by atoms with Gasteiger partial charge in [0.2, 0.25) is 6.79 Å². The molecule has 168 valence electrons. The molecular weight excluding hydrogens is 434 g/mol. The Kier molecular flexibility index (Phi) is 5.11. The van der Waals surface area contributed by atoms with Crippen molar-refractivity contribution in [2.45, 2.75) is 20.4 Å². The van der Waals surface area contributed by atoms with E-state index in [0.29, 0.717) is 6.79 Å². The molecule has 0 unspecified atom stereocenters. The topological polar surface area (TPSA) is 64.8 Å². The highest BCUT2D eigenvalue weighted by Crippen LogP contribution is 2.36. The molecule has 1 aromatic carbocycles. The first-order valence-electron chi connectivity index (χ1n) is 11.3. The number of thiophene rings is 1. The number of nitrogens with zero attached hydrogens (tertiary/aromatic N) is 4. The Bertz CT molecular complexity index is 1320. The number of nitrogens with one attached hydrogen (secondary N) is 1. The van der Waals surface area contributed by atoms with Crippen molar-refractivity contribution in [3.63, 3.8) is 0 Å². The number of anilines is 1. The number of ether oxygens (including phenoxy) is 2. The monoisotopic (exact) mass is 460 g/mol. The average Bonchev–Trinajstić information content (AvgIpc) is 3.43. The molecule has 0 spiro atoms. The summed E-state index contributed by atoms with van der Waals surface area (Å²) in [7, 11) is 0. The molecule has 1 saturated heterocycles. The van der Waals surface area contributed by atoms with Crippen LogP contribution in [0.25, 0.3) is 21.6 Å². The van der Waals surface area contributed by atoms with E-state index in [1.54, 1.807) is 22.4 Å². The second-order valence-corrected chi connectivity index (χ2v) is 9.88. The SMILES string of the molecule is Cc1sc2nc(-c3cccnc3)nc(N3CC[NH+](Cc4ccc5c(c4)OCO5)CC3)c2c1C. The summed E-state index contributed by atoms with van der Waals surface area (Å²) in [5, 5.41) is 1.20. The maximum atomic E-state index is 5.55. The van der Waals surface area contributed by atoms with Gasteiger partial charge >= 0.3 is 0 Å². The van der Waals surface area contributed by atoms with Gasteiger partial charge in [-0.2, -0.15) is 0 Å². The molecule has 0 aliphatic carbocycles. The summed E-state index contributed by atoms with van der Waals surface area (Å²) in [4.78, 5) is 20.6. The maximum Gasteiger partial charge on any atom is 0.231 e. The number of rotatable bonds is 4. The van der Waals surface area contributed by atoms with Crippen LogP contribution in [-0.4, -0.2) is 47.9 Å². The summed E-state index contributed by atoms with van der Waals surface area (Å²) in [6, 6.07) is 10.3. The number of piperazine rings is 1. The summed E-state index contributed by atoms with van der Waals surface area (Å²) in [5.41, 5.74) is 3.53. The van der Waals surface area contributed by atoms with Gasteiger partial charge in [0.1, 0.15) is 17.2 Å². The van der Waals surface area contributed by atoms with E-state index in [9.17, 15) is 0 Å². The first kappa shape index (κ1) is 20.4. The van der Waals surface area contributed by atoms with Crippen LogP contribution in [0.4, 0.5) is 5.82 Å². The largest absolute Gasteiger partial charge is 0.454 e. The number of quaternary nitrogens is 1. The van der Waals surface area contributed by atoms with E-state index < -0.39 is 0 Å². The highest BCUT2D eigenvalue weighted by atomic mass is 32.1. The smallest absolute Gasteiger partial charge is 0.231 e. The van der Waals surface area contributed by atoms with Gasteiger partial charge < -0.3 is 19.3 Å². The fourth-order valence-electron chi connectivity index (χ4n) is 4.63. The number of aromatic nitrogens is 3. The first-order chi connectivity index (χ1) is 16.2. The van der Waals surface area contributed by atoms with Gasteiger partial charge in [0.05, 0.1) is 31.6 Å². The predicted molar refractivity (Wildman–Crippen MR) is 129 cm³/mol. The van der Waals surface area contributed by atoms with Gasteiger partial charge in [0, 0.05) is 28.4 Å². The molecule has 1 fully saturated rings. The lowest BCUT2D eigenvalue weighted by Crippen LogP contribution is -3.13. The minimum absolute atomic E-state index is 0.320. The quantitative estimate of drug-likeness (QED) is 0.505. The van der Waals surface area contributed by atoms with Gasteiger partial charge in [-0.1, -0.05) is 0 Å². The normalized spacial score (nSPS) is 16.0. The van der Waals surface area contributed by atoms with Crippen molar-refractivity contribution in [3.05, 3.63) is 58.7 Å². The zero-order valence-corrected chi connectivity index (χ0v) is 19.6. The van der Waals surface area contributed by atoms with Crippen molar-refractivity contribution in [3.8, 4) is 22.9 Å². The van der Waals surface area contributed by atoms with Crippen LogP contribution in [0, 0.1) is 13.8 Å². The number of hydrogen-bond donors (Lipinski definition) is 1. The van der Waals surface area contributed by atoms with Gasteiger partial charge in [-0.25, -0.2) is 9.97 Å². The Morgan fingerprint density at radius 2 is 1.91 bits per heavy atom. The molecule has 0 amide bonds. The van der Waals surface area contributed by atoms with Gasteiger partial charge in [-0.3, -0.25) is 4.98 Å². The van der Waals surface area contributed by atoms with Crippen molar-refractivity contribution >= 4 is 27.4 Å². The van der Waals surface area contributed by atoms with Crippen LogP contribution in [0.1, 0.15) is 16.0 Å². The number of pyridine rings is 1. The van der Waals surface area contributed by atoms with Gasteiger partial charge in [0.15, 0.2) is 17.3 Å². The Morgan fingerprint density at radius 3 is 2.73 bits per heavy atom. The molecular formula is C25H26N5O2S+. The molecule has 0 saturated carbocycles. The third-order valence-electron chi connectivity index (χ3n) is 6.59. The third kappa shape index (κ3) is 3.79. The van der Waals surface area contributed by atoms with E-state index in [4.69, 9.17) is 19.4 Å². The Balaban J connectivity index is 1.25. The van der Waals surface area contributed by atoms with Crippen LogP contribution in [0.5, 0.6) is 11.5 Å². The molecule has 6 rings (SSSR count). The fourth-order valence-corrected chi connectivity index (χ4v) is 5.66. The zero-order chi connectivity index (χ0) is 22.4. The number of benzene rings is 1. The summed E-state index contributed by atoms with van der Waals surface area (Å²) >= 11 is 1.75. The standard InChI is InChI=1S/C25H25N5O2S/c1-16-17(2)33-25-22(16)24(27-23(28-25)19-4-3-7-26-13-19)30-10-8-29(9-11-30)14-18-5-6-20-21(12-18)32-15-31-20/h3-7,12-13H,8-11,14-15H2,1-2H3/p+1. The van der Waals surface area contributed by atoms with Gasteiger partial charge in [-0.05, 0) is 49.7 Å². The molecule has 3 aromatic heterocycles. The zero-order valence-electron chi connectivity index (χ0n) is 18.8. The molecule has 7 nitrogen and oxygen atoms in total. The van der Waals surface area contributed by atoms with E-state index in [2.05, 4.69) is 35.9 Å². The lowest BCUT2D eigenvalue weighted by Gasteiger charge is -2.33. The van der Waals surface area contributed by atoms with E-state index in [1.807, 2.05) is 24.4 Å². The summed E-state index contributed by atoms with van der Waals surface area (Å²) in [6.45, 7) is 9.71. The van der Waals surface area contributed by atoms with E-state index >= 15 is 0 Å². The van der Waals surface area contributed by atoms with Crippen molar-refractivity contribution in [1.29, 1.82) is 0 Å². The summed E-state index contributed by atoms with van der Waals surface area (Å²) in [5.74, 6) is 3.52.